The molecule has 392 valence electrons. The molecule has 18 nitrogen and oxygen atoms in total. The number of rotatable bonds is 18. The number of likely N-dealkylation sites (tertiary alicyclic amines) is 1. The van der Waals surface area contributed by atoms with Crippen molar-refractivity contribution in [3.63, 3.8) is 0 Å². The van der Waals surface area contributed by atoms with E-state index in [-0.39, 0.29) is 43.0 Å². The first-order valence-corrected chi connectivity index (χ1v) is 29.4. The maximum Gasteiger partial charge on any atom is 0.409 e. The van der Waals surface area contributed by atoms with E-state index in [9.17, 15) is 43.7 Å². The lowest BCUT2D eigenvalue weighted by atomic mass is 9.79. The Bertz CT molecular complexity index is 3360. The number of ether oxygens (including phenoxy) is 1. The number of nitrogens with one attached hydrogen (secondary N) is 1. The van der Waals surface area contributed by atoms with E-state index in [1.165, 1.54) is 12.1 Å². The minimum Gasteiger partial charge on any atom is -0.450 e. The largest absolute Gasteiger partial charge is 0.450 e. The summed E-state index contributed by atoms with van der Waals surface area (Å²) in [6.45, 7) is 11.9. The van der Waals surface area contributed by atoms with Crippen molar-refractivity contribution in [3.8, 4) is 0 Å². The number of benzene rings is 4. The van der Waals surface area contributed by atoms with Gasteiger partial charge in [-0.2, -0.15) is 29.8 Å². The number of hydrogen-bond acceptors (Lipinski definition) is 14. The van der Waals surface area contributed by atoms with Gasteiger partial charge in [-0.05, 0) is 134 Å². The molecule has 3 heterocycles. The van der Waals surface area contributed by atoms with Crippen LogP contribution >= 0.6 is 12.0 Å². The van der Waals surface area contributed by atoms with Crippen LogP contribution in [-0.2, 0) is 55.3 Å². The molecule has 8 rings (SSSR count). The fraction of sp³-hybridized carbons (Fsp3) is 0.412. The average Bonchev–Trinajstić information content (AvgIpc) is 3.88. The van der Waals surface area contributed by atoms with Gasteiger partial charge in [0.25, 0.3) is 30.4 Å². The van der Waals surface area contributed by atoms with Gasteiger partial charge in [0.15, 0.2) is 5.71 Å². The normalized spacial score (nSPS) is 19.4. The maximum atomic E-state index is 12.7. The Labute approximate surface area is 430 Å². The molecule has 0 radical (unpaired) electrons. The second-order valence-corrected chi connectivity index (χ2v) is 25.0. The molecule has 0 spiro atoms. The molecule has 4 aromatic rings. The van der Waals surface area contributed by atoms with E-state index in [0.29, 0.717) is 55.6 Å². The van der Waals surface area contributed by atoms with Crippen LogP contribution in [0, 0.1) is 0 Å². The first-order chi connectivity index (χ1) is 34.4. The van der Waals surface area contributed by atoms with Gasteiger partial charge in [-0.25, -0.2) is 10.1 Å². The number of nitrogens with zero attached hydrogens (tertiary/aromatic N) is 3. The third-order valence-electron chi connectivity index (χ3n) is 14.2. The fourth-order valence-electron chi connectivity index (χ4n) is 10.9. The Morgan fingerprint density at radius 2 is 1.49 bits per heavy atom. The van der Waals surface area contributed by atoms with Crippen LogP contribution in [0.5, 0.6) is 0 Å². The highest BCUT2D eigenvalue weighted by atomic mass is 32.2. The Hall–Kier alpha value is -5.14. The van der Waals surface area contributed by atoms with Crippen molar-refractivity contribution in [2.75, 3.05) is 49.2 Å². The fourth-order valence-corrected chi connectivity index (χ4v) is 12.8. The van der Waals surface area contributed by atoms with E-state index in [0.717, 1.165) is 79.0 Å². The van der Waals surface area contributed by atoms with Gasteiger partial charge < -0.3 is 19.9 Å². The van der Waals surface area contributed by atoms with Gasteiger partial charge in [0, 0.05) is 77.2 Å². The highest BCUT2D eigenvalue weighted by Crippen LogP contribution is 2.52. The molecule has 1 amide bonds. The molecule has 0 saturated carbocycles. The van der Waals surface area contributed by atoms with Crippen LogP contribution in [0.25, 0.3) is 21.5 Å². The van der Waals surface area contributed by atoms with Gasteiger partial charge in [-0.15, -0.1) is 4.33 Å². The van der Waals surface area contributed by atoms with Crippen LogP contribution in [-0.4, -0.2) is 116 Å². The average molecular weight is 1080 g/mol. The van der Waals surface area contributed by atoms with E-state index in [1.807, 2.05) is 60.9 Å². The number of fused-ring (bicyclic) bond motifs is 6. The minimum atomic E-state index is -4.48. The van der Waals surface area contributed by atoms with Gasteiger partial charge in [-0.3, -0.25) is 13.7 Å². The summed E-state index contributed by atoms with van der Waals surface area (Å²) >= 11 is 0.857. The number of carbonyl (C=O) groups excluding carboxylic acids is 1. The molecular weight excluding hydrogens is 1020 g/mol. The predicted molar refractivity (Wildman–Crippen MR) is 280 cm³/mol. The predicted octanol–water partition coefficient (Wildman–Crippen LogP) is 9.02. The van der Waals surface area contributed by atoms with Crippen LogP contribution < -0.4 is 10.2 Å². The van der Waals surface area contributed by atoms with Crippen LogP contribution in [0.3, 0.4) is 0 Å². The van der Waals surface area contributed by atoms with Crippen LogP contribution in [0.1, 0.15) is 84.3 Å². The van der Waals surface area contributed by atoms with Crippen molar-refractivity contribution in [3.05, 3.63) is 119 Å². The van der Waals surface area contributed by atoms with E-state index >= 15 is 0 Å². The minimum absolute atomic E-state index is 0.00171. The standard InChI is InChI=1S/C51H60N4O14S4/c1-6-67-49(56)53-27-23-37(24-28-53)52-48-33(13-21-44-50(2,3)46-40-17-15-38(70-69-68-57)31-35(40)11-19-42(46)54(44)25-7-29-71(58,59)60)9-10-34(48)14-22-45-51(4,5)47-41-18-16-39(73(64,65)66)32-36(41)12-20-43(47)55(45)26-8-30-72(61,62)63/h11-22,31-32,37H,6-10,23-30H2,1-5H3,(H4,57,58,59,60,61,62,63,64,65,66)/p+1. The third-order valence-corrected chi connectivity index (χ3v) is 17.3. The Kier molecular flexibility index (Phi) is 15.7. The summed E-state index contributed by atoms with van der Waals surface area (Å²) in [5.41, 5.74) is 7.02. The second kappa shape index (κ2) is 21.2. The van der Waals surface area contributed by atoms with Crippen molar-refractivity contribution < 1.29 is 67.6 Å². The SMILES string of the molecule is CCOC(=O)N1CCC(NC2=C(C=CC3=[N+](CCCS(=O)(=O)O)c4ccc5cc(S(=O)(=O)O)ccc5c4C3(C)C)CCC2=CC=C2N(CCCS(=O)(=O)O)c3ccc4cc(SOOO)ccc4c3C2(C)C)CC1. The number of amides is 1. The Balaban J connectivity index is 1.22. The van der Waals surface area contributed by atoms with Crippen LogP contribution in [0.15, 0.2) is 117 Å². The monoisotopic (exact) mass is 1080 g/mol. The summed E-state index contributed by atoms with van der Waals surface area (Å²) in [5, 5.41) is 19.7. The number of anilines is 1. The lowest BCUT2D eigenvalue weighted by molar-refractivity contribution is -0.437. The van der Waals surface area contributed by atoms with Gasteiger partial charge in [0.05, 0.1) is 40.5 Å². The summed E-state index contributed by atoms with van der Waals surface area (Å²) in [6.07, 6.45) is 10.9. The maximum absolute atomic E-state index is 12.7. The Morgan fingerprint density at radius 1 is 0.822 bits per heavy atom. The Morgan fingerprint density at radius 3 is 2.18 bits per heavy atom. The van der Waals surface area contributed by atoms with Gasteiger partial charge >= 0.3 is 6.09 Å². The summed E-state index contributed by atoms with van der Waals surface area (Å²) in [6, 6.07) is 17.8. The van der Waals surface area contributed by atoms with E-state index < -0.39 is 52.7 Å². The van der Waals surface area contributed by atoms with Crippen molar-refractivity contribution in [1.82, 2.24) is 10.2 Å². The second-order valence-electron chi connectivity index (χ2n) is 19.7. The molecule has 4 aliphatic rings. The lowest BCUT2D eigenvalue weighted by Crippen LogP contribution is -2.45. The van der Waals surface area contributed by atoms with Crippen molar-refractivity contribution >= 4 is 87.1 Å². The summed E-state index contributed by atoms with van der Waals surface area (Å²) < 4.78 is 113. The first-order valence-electron chi connectivity index (χ1n) is 24.0. The van der Waals surface area contributed by atoms with E-state index in [1.54, 1.807) is 24.0 Å². The van der Waals surface area contributed by atoms with Crippen molar-refractivity contribution in [2.24, 2.45) is 0 Å². The van der Waals surface area contributed by atoms with Crippen molar-refractivity contribution in [2.45, 2.75) is 99.8 Å². The molecule has 1 aliphatic carbocycles. The number of allylic oxidation sites excluding steroid dienone is 7. The van der Waals surface area contributed by atoms with E-state index in [2.05, 4.69) is 51.7 Å². The zero-order chi connectivity index (χ0) is 52.7. The number of carbonyl (C=O) groups is 1. The van der Waals surface area contributed by atoms with Gasteiger partial charge in [-0.1, -0.05) is 49.2 Å². The summed E-state index contributed by atoms with van der Waals surface area (Å²) in [7, 11) is -13.0. The lowest BCUT2D eigenvalue weighted by Gasteiger charge is -2.33. The summed E-state index contributed by atoms with van der Waals surface area (Å²) in [5.74, 6) is -0.869. The molecule has 0 aromatic heterocycles. The highest BCUT2D eigenvalue weighted by Gasteiger charge is 2.46. The van der Waals surface area contributed by atoms with Crippen LogP contribution in [0.2, 0.25) is 0 Å². The molecule has 0 bridgehead atoms. The zero-order valence-corrected chi connectivity index (χ0v) is 44.5. The smallest absolute Gasteiger partial charge is 0.409 e. The molecule has 0 unspecified atom stereocenters. The molecular formula is C51H61N4O14S4+. The molecule has 1 saturated heterocycles. The molecule has 4 aromatic carbocycles. The molecule has 1 fully saturated rings. The van der Waals surface area contributed by atoms with Crippen molar-refractivity contribution in [1.29, 1.82) is 0 Å². The topological polar surface area (TPSA) is 250 Å². The molecule has 73 heavy (non-hydrogen) atoms. The third kappa shape index (κ3) is 11.7. The van der Waals surface area contributed by atoms with Gasteiger partial charge in [0.1, 0.15) is 6.54 Å². The van der Waals surface area contributed by atoms with Crippen LogP contribution in [0.4, 0.5) is 16.2 Å². The molecule has 3 aliphatic heterocycles. The zero-order valence-electron chi connectivity index (χ0n) is 41.2. The molecule has 0 atom stereocenters. The highest BCUT2D eigenvalue weighted by molar-refractivity contribution is 7.94. The quantitative estimate of drug-likeness (QED) is 0.0205. The number of piperidine rings is 1. The van der Waals surface area contributed by atoms with E-state index in [4.69, 9.17) is 9.99 Å². The number of hydrogen-bond donors (Lipinski definition) is 5. The molecule has 22 heteroatoms. The molecule has 5 N–H and O–H groups in total. The van der Waals surface area contributed by atoms with Gasteiger partial charge in [0.2, 0.25) is 5.69 Å². The summed E-state index contributed by atoms with van der Waals surface area (Å²) in [4.78, 5) is 17.0. The first kappa shape index (κ1) is 54.1.